The third-order valence-corrected chi connectivity index (χ3v) is 2.47. The first-order chi connectivity index (χ1) is 5.84. The number of carbonyl (C=O) groups is 1. The van der Waals surface area contributed by atoms with Crippen molar-refractivity contribution in [2.75, 3.05) is 0 Å². The molecule has 0 saturated carbocycles. The van der Waals surface area contributed by atoms with Crippen molar-refractivity contribution in [1.82, 2.24) is 0 Å². The van der Waals surface area contributed by atoms with Crippen molar-refractivity contribution in [3.8, 4) is 0 Å². The summed E-state index contributed by atoms with van der Waals surface area (Å²) < 4.78 is 0. The van der Waals surface area contributed by atoms with Crippen LogP contribution in [0.2, 0.25) is 0 Å². The number of rotatable bonds is 1. The Kier molecular flexibility index (Phi) is 2.33. The number of allylic oxidation sites excluding steroid dienone is 3. The van der Waals surface area contributed by atoms with E-state index in [0.29, 0.717) is 5.57 Å². The Morgan fingerprint density at radius 1 is 1.46 bits per heavy atom. The van der Waals surface area contributed by atoms with E-state index in [1.807, 2.05) is 33.8 Å². The zero-order chi connectivity index (χ0) is 10.2. The normalized spacial score (nSPS) is 21.4. The van der Waals surface area contributed by atoms with Gasteiger partial charge >= 0.3 is 5.97 Å². The van der Waals surface area contributed by atoms with E-state index in [4.69, 9.17) is 5.11 Å². The smallest absolute Gasteiger partial charge is 0.332 e. The largest absolute Gasteiger partial charge is 0.478 e. The van der Waals surface area contributed by atoms with Crippen LogP contribution >= 0.6 is 0 Å². The maximum absolute atomic E-state index is 11.0. The van der Waals surface area contributed by atoms with E-state index in [1.54, 1.807) is 0 Å². The average molecular weight is 180 g/mol. The molecule has 1 rings (SSSR count). The number of hydrogen-bond donors (Lipinski definition) is 1. The SMILES string of the molecule is CC1=CC(C)=C(C(=O)O)C(C)(C)C1. The Hall–Kier alpha value is -1.05. The minimum Gasteiger partial charge on any atom is -0.478 e. The van der Waals surface area contributed by atoms with E-state index < -0.39 is 5.97 Å². The Bertz CT molecular complexity index is 306. The summed E-state index contributed by atoms with van der Waals surface area (Å²) in [6.45, 7) is 7.88. The molecule has 2 nitrogen and oxygen atoms in total. The van der Waals surface area contributed by atoms with Gasteiger partial charge in [0.05, 0.1) is 0 Å². The molecule has 0 radical (unpaired) electrons. The summed E-state index contributed by atoms with van der Waals surface area (Å²) in [5.41, 5.74) is 2.47. The van der Waals surface area contributed by atoms with Crippen molar-refractivity contribution in [3.05, 3.63) is 22.8 Å². The molecule has 0 bridgehead atoms. The molecular formula is C11H16O2. The van der Waals surface area contributed by atoms with Crippen molar-refractivity contribution < 1.29 is 9.90 Å². The van der Waals surface area contributed by atoms with E-state index in [1.165, 1.54) is 5.57 Å². The van der Waals surface area contributed by atoms with Crippen LogP contribution in [-0.2, 0) is 4.79 Å². The van der Waals surface area contributed by atoms with Crippen LogP contribution in [0.15, 0.2) is 22.8 Å². The third kappa shape index (κ3) is 1.82. The van der Waals surface area contributed by atoms with Crippen LogP contribution in [0.25, 0.3) is 0 Å². The van der Waals surface area contributed by atoms with E-state index in [2.05, 4.69) is 0 Å². The lowest BCUT2D eigenvalue weighted by Crippen LogP contribution is -2.25. The van der Waals surface area contributed by atoms with Crippen molar-refractivity contribution in [2.45, 2.75) is 34.1 Å². The first-order valence-corrected chi connectivity index (χ1v) is 4.46. The number of carboxylic acids is 1. The predicted octanol–water partition coefficient (Wildman–Crippen LogP) is 2.76. The molecule has 13 heavy (non-hydrogen) atoms. The van der Waals surface area contributed by atoms with Crippen molar-refractivity contribution in [2.24, 2.45) is 5.41 Å². The van der Waals surface area contributed by atoms with E-state index >= 15 is 0 Å². The Morgan fingerprint density at radius 3 is 2.38 bits per heavy atom. The van der Waals surface area contributed by atoms with Crippen LogP contribution in [0.1, 0.15) is 34.1 Å². The van der Waals surface area contributed by atoms with Crippen molar-refractivity contribution in [1.29, 1.82) is 0 Å². The molecule has 0 fully saturated rings. The molecule has 0 aromatic carbocycles. The third-order valence-electron chi connectivity index (χ3n) is 2.47. The van der Waals surface area contributed by atoms with E-state index in [9.17, 15) is 4.79 Å². The fourth-order valence-corrected chi connectivity index (χ4v) is 2.27. The van der Waals surface area contributed by atoms with Crippen LogP contribution in [0, 0.1) is 5.41 Å². The van der Waals surface area contributed by atoms with Gasteiger partial charge in [0.15, 0.2) is 0 Å². The maximum Gasteiger partial charge on any atom is 0.332 e. The standard InChI is InChI=1S/C11H16O2/c1-7-5-8(2)9(10(12)13)11(3,4)6-7/h5H,6H2,1-4H3,(H,12,13). The van der Waals surface area contributed by atoms with Gasteiger partial charge in [-0.3, -0.25) is 0 Å². The van der Waals surface area contributed by atoms with Gasteiger partial charge in [0, 0.05) is 11.0 Å². The molecule has 2 heteroatoms. The Morgan fingerprint density at radius 2 is 2.00 bits per heavy atom. The summed E-state index contributed by atoms with van der Waals surface area (Å²) in [5, 5.41) is 9.04. The Labute approximate surface area is 79.0 Å². The minimum absolute atomic E-state index is 0.227. The fourth-order valence-electron chi connectivity index (χ4n) is 2.27. The van der Waals surface area contributed by atoms with Crippen LogP contribution < -0.4 is 0 Å². The van der Waals surface area contributed by atoms with Gasteiger partial charge in [-0.1, -0.05) is 25.5 Å². The molecule has 0 spiro atoms. The molecule has 0 unspecified atom stereocenters. The summed E-state index contributed by atoms with van der Waals surface area (Å²) in [4.78, 5) is 11.0. The number of hydrogen-bond acceptors (Lipinski definition) is 1. The lowest BCUT2D eigenvalue weighted by Gasteiger charge is -2.30. The Balaban J connectivity index is 3.24. The van der Waals surface area contributed by atoms with Crippen molar-refractivity contribution in [3.63, 3.8) is 0 Å². The molecule has 1 aliphatic carbocycles. The number of carboxylic acid groups (broad SMARTS) is 1. The second kappa shape index (κ2) is 3.02. The zero-order valence-corrected chi connectivity index (χ0v) is 8.64. The summed E-state index contributed by atoms with van der Waals surface area (Å²) in [6.07, 6.45) is 2.81. The van der Waals surface area contributed by atoms with Crippen LogP contribution in [0.4, 0.5) is 0 Å². The van der Waals surface area contributed by atoms with Crippen LogP contribution in [-0.4, -0.2) is 11.1 Å². The van der Waals surface area contributed by atoms with Gasteiger partial charge in [0.2, 0.25) is 0 Å². The molecule has 0 heterocycles. The monoisotopic (exact) mass is 180 g/mol. The summed E-state index contributed by atoms with van der Waals surface area (Å²) >= 11 is 0. The molecule has 0 aromatic heterocycles. The highest BCUT2D eigenvalue weighted by molar-refractivity contribution is 5.90. The van der Waals surface area contributed by atoms with E-state index in [-0.39, 0.29) is 5.41 Å². The van der Waals surface area contributed by atoms with Gasteiger partial charge in [-0.25, -0.2) is 4.79 Å². The maximum atomic E-state index is 11.0. The molecule has 72 valence electrons. The molecule has 0 saturated heterocycles. The van der Waals surface area contributed by atoms with Gasteiger partial charge in [0.25, 0.3) is 0 Å². The highest BCUT2D eigenvalue weighted by Gasteiger charge is 2.32. The van der Waals surface area contributed by atoms with Gasteiger partial charge in [-0.2, -0.15) is 0 Å². The summed E-state index contributed by atoms with van der Waals surface area (Å²) in [7, 11) is 0. The fraction of sp³-hybridized carbons (Fsp3) is 0.545. The first-order valence-electron chi connectivity index (χ1n) is 4.46. The van der Waals surface area contributed by atoms with E-state index in [0.717, 1.165) is 12.0 Å². The quantitative estimate of drug-likeness (QED) is 0.673. The highest BCUT2D eigenvalue weighted by Crippen LogP contribution is 2.39. The van der Waals surface area contributed by atoms with Gasteiger partial charge in [-0.05, 0) is 25.8 Å². The summed E-state index contributed by atoms with van der Waals surface area (Å²) in [6, 6.07) is 0. The topological polar surface area (TPSA) is 37.3 Å². The van der Waals surface area contributed by atoms with Crippen LogP contribution in [0.3, 0.4) is 0 Å². The number of aliphatic carboxylic acids is 1. The lowest BCUT2D eigenvalue weighted by atomic mass is 9.73. The van der Waals surface area contributed by atoms with Crippen molar-refractivity contribution >= 4 is 5.97 Å². The second-order valence-electron chi connectivity index (χ2n) is 4.41. The summed E-state index contributed by atoms with van der Waals surface area (Å²) in [5.74, 6) is -0.786. The predicted molar refractivity (Wildman–Crippen MR) is 52.5 cm³/mol. The van der Waals surface area contributed by atoms with Crippen LogP contribution in [0.5, 0.6) is 0 Å². The zero-order valence-electron chi connectivity index (χ0n) is 8.64. The highest BCUT2D eigenvalue weighted by atomic mass is 16.4. The minimum atomic E-state index is -0.786. The molecule has 0 aromatic rings. The average Bonchev–Trinajstić information content (AvgIpc) is 1.78. The molecule has 1 aliphatic rings. The van der Waals surface area contributed by atoms with Gasteiger partial charge in [0.1, 0.15) is 0 Å². The molecule has 1 N–H and O–H groups in total. The van der Waals surface area contributed by atoms with Gasteiger partial charge in [-0.15, -0.1) is 0 Å². The first kappa shape index (κ1) is 10.0. The van der Waals surface area contributed by atoms with Gasteiger partial charge < -0.3 is 5.11 Å². The molecule has 0 aliphatic heterocycles. The molecular weight excluding hydrogens is 164 g/mol. The molecule has 0 atom stereocenters. The lowest BCUT2D eigenvalue weighted by molar-refractivity contribution is -0.133. The second-order valence-corrected chi connectivity index (χ2v) is 4.41. The molecule has 0 amide bonds.